The van der Waals surface area contributed by atoms with Gasteiger partial charge in [-0.05, 0) is 67.1 Å². The van der Waals surface area contributed by atoms with Crippen LogP contribution in [0.5, 0.6) is 0 Å². The number of aromatic nitrogens is 2. The summed E-state index contributed by atoms with van der Waals surface area (Å²) < 4.78 is 0. The molecule has 0 spiro atoms. The van der Waals surface area contributed by atoms with Gasteiger partial charge in [0.15, 0.2) is 5.17 Å². The molecule has 0 unspecified atom stereocenters. The Morgan fingerprint density at radius 3 is 2.54 bits per heavy atom. The van der Waals surface area contributed by atoms with Crippen LogP contribution >= 0.6 is 23.4 Å². The van der Waals surface area contributed by atoms with E-state index in [2.05, 4.69) is 48.7 Å². The third-order valence-corrected chi connectivity index (χ3v) is 8.67. The maximum Gasteiger partial charge on any atom is 0.286 e. The fourth-order valence-electron chi connectivity index (χ4n) is 5.20. The van der Waals surface area contributed by atoms with Crippen LogP contribution < -0.4 is 4.90 Å². The number of likely N-dealkylation sites (tertiary alicyclic amines) is 1. The Morgan fingerprint density at radius 1 is 0.973 bits per heavy atom. The van der Waals surface area contributed by atoms with Crippen molar-refractivity contribution in [3.05, 3.63) is 58.2 Å². The maximum absolute atomic E-state index is 12.6. The van der Waals surface area contributed by atoms with Crippen molar-refractivity contribution in [2.45, 2.75) is 19.8 Å². The van der Waals surface area contributed by atoms with Gasteiger partial charge in [-0.15, -0.1) is 0 Å². The molecule has 0 aliphatic carbocycles. The van der Waals surface area contributed by atoms with E-state index in [0.29, 0.717) is 4.91 Å². The van der Waals surface area contributed by atoms with Crippen molar-refractivity contribution in [3.8, 4) is 11.3 Å². The summed E-state index contributed by atoms with van der Waals surface area (Å²) in [5.41, 5.74) is 4.62. The summed E-state index contributed by atoms with van der Waals surface area (Å²) in [6.45, 7) is 9.28. The molecule has 0 radical (unpaired) electrons. The fraction of sp³-hybridized carbons (Fsp3) is 0.357. The van der Waals surface area contributed by atoms with Gasteiger partial charge in [0.2, 0.25) is 0 Å². The van der Waals surface area contributed by atoms with Crippen LogP contribution in [0, 0.1) is 0 Å². The standard InChI is InChI=1S/C28H29ClN6OS/c1-2-33-11-13-34(14-12-33)24-8-6-20(17-22(24)29)26-21-15-19(5-7-23(21)30-18-31-26)16-25-27(36)32-28(37-25)35-9-3-4-10-35/h5-8,15-18H,2-4,9-14H2,1H3/b25-16-. The van der Waals surface area contributed by atoms with Crippen molar-refractivity contribution in [2.24, 2.45) is 4.99 Å². The van der Waals surface area contributed by atoms with Gasteiger partial charge in [-0.3, -0.25) is 4.79 Å². The molecular formula is C28H29ClN6OS. The third-order valence-electron chi connectivity index (χ3n) is 7.32. The molecule has 7 nitrogen and oxygen atoms in total. The van der Waals surface area contributed by atoms with E-state index in [0.717, 1.165) is 102 Å². The summed E-state index contributed by atoms with van der Waals surface area (Å²) in [5, 5.41) is 2.48. The highest BCUT2D eigenvalue weighted by atomic mass is 35.5. The average molecular weight is 533 g/mol. The van der Waals surface area contributed by atoms with E-state index in [1.54, 1.807) is 6.33 Å². The molecule has 2 saturated heterocycles. The molecule has 1 amide bonds. The third kappa shape index (κ3) is 4.98. The number of hydrogen-bond acceptors (Lipinski definition) is 7. The molecule has 3 aromatic rings. The smallest absolute Gasteiger partial charge is 0.286 e. The zero-order valence-corrected chi connectivity index (χ0v) is 22.4. The zero-order valence-electron chi connectivity index (χ0n) is 20.9. The van der Waals surface area contributed by atoms with Crippen LogP contribution in [0.15, 0.2) is 52.6 Å². The maximum atomic E-state index is 12.6. The summed E-state index contributed by atoms with van der Waals surface area (Å²) >= 11 is 8.26. The monoisotopic (exact) mass is 532 g/mol. The van der Waals surface area contributed by atoms with E-state index in [-0.39, 0.29) is 5.91 Å². The Bertz CT molecular complexity index is 1410. The number of aliphatic imine (C=N–C) groups is 1. The zero-order chi connectivity index (χ0) is 25.4. The lowest BCUT2D eigenvalue weighted by Crippen LogP contribution is -2.46. The van der Waals surface area contributed by atoms with E-state index in [1.165, 1.54) is 11.8 Å². The Balaban J connectivity index is 1.28. The number of amidine groups is 1. The number of benzene rings is 2. The van der Waals surface area contributed by atoms with E-state index in [4.69, 9.17) is 11.6 Å². The molecule has 0 bridgehead atoms. The van der Waals surface area contributed by atoms with Crippen molar-refractivity contribution >= 4 is 57.1 Å². The summed E-state index contributed by atoms with van der Waals surface area (Å²) in [7, 11) is 0. The van der Waals surface area contributed by atoms with Crippen LogP contribution in [0.3, 0.4) is 0 Å². The second kappa shape index (κ2) is 10.4. The number of carbonyl (C=O) groups is 1. The van der Waals surface area contributed by atoms with E-state index in [9.17, 15) is 4.79 Å². The van der Waals surface area contributed by atoms with E-state index >= 15 is 0 Å². The molecule has 2 fully saturated rings. The lowest BCUT2D eigenvalue weighted by molar-refractivity contribution is -0.113. The van der Waals surface area contributed by atoms with Gasteiger partial charge in [0.1, 0.15) is 6.33 Å². The number of piperazine rings is 1. The highest BCUT2D eigenvalue weighted by Gasteiger charge is 2.27. The van der Waals surface area contributed by atoms with Crippen molar-refractivity contribution in [1.29, 1.82) is 0 Å². The number of fused-ring (bicyclic) bond motifs is 1. The van der Waals surface area contributed by atoms with Crippen LogP contribution in [0.25, 0.3) is 28.2 Å². The number of hydrogen-bond donors (Lipinski definition) is 0. The van der Waals surface area contributed by atoms with Crippen LogP contribution in [0.1, 0.15) is 25.3 Å². The summed E-state index contributed by atoms with van der Waals surface area (Å²) in [6, 6.07) is 12.2. The Kier molecular flexibility index (Phi) is 6.88. The molecule has 2 aromatic carbocycles. The van der Waals surface area contributed by atoms with E-state index in [1.807, 2.05) is 30.3 Å². The molecule has 6 rings (SSSR count). The van der Waals surface area contributed by atoms with Crippen LogP contribution in [-0.4, -0.2) is 76.7 Å². The average Bonchev–Trinajstić information content (AvgIpc) is 3.59. The SMILES string of the molecule is CCN1CCN(c2ccc(-c3ncnc4ccc(/C=C5\SC(N6CCCC6)=NC5=O)cc34)cc2Cl)CC1. The summed E-state index contributed by atoms with van der Waals surface area (Å²) in [5.74, 6) is -0.168. The predicted molar refractivity (Wildman–Crippen MR) is 153 cm³/mol. The molecular weight excluding hydrogens is 504 g/mol. The minimum atomic E-state index is -0.168. The Hall–Kier alpha value is -2.94. The van der Waals surface area contributed by atoms with Gasteiger partial charge < -0.3 is 14.7 Å². The molecule has 0 N–H and O–H groups in total. The lowest BCUT2D eigenvalue weighted by Gasteiger charge is -2.36. The minimum absolute atomic E-state index is 0.168. The molecule has 0 atom stereocenters. The van der Waals surface area contributed by atoms with Gasteiger partial charge >= 0.3 is 0 Å². The number of thioether (sulfide) groups is 1. The lowest BCUT2D eigenvalue weighted by atomic mass is 10.0. The molecule has 190 valence electrons. The van der Waals surface area contributed by atoms with Gasteiger partial charge in [0.25, 0.3) is 5.91 Å². The first kappa shape index (κ1) is 24.4. The highest BCUT2D eigenvalue weighted by molar-refractivity contribution is 8.18. The molecule has 4 heterocycles. The number of anilines is 1. The number of nitrogens with zero attached hydrogens (tertiary/aromatic N) is 6. The molecule has 9 heteroatoms. The fourth-order valence-corrected chi connectivity index (χ4v) is 6.47. The first-order valence-corrected chi connectivity index (χ1v) is 14.1. The number of halogens is 1. The summed E-state index contributed by atoms with van der Waals surface area (Å²) in [6.07, 6.45) is 5.82. The van der Waals surface area contributed by atoms with Crippen molar-refractivity contribution in [2.75, 3.05) is 50.7 Å². The predicted octanol–water partition coefficient (Wildman–Crippen LogP) is 5.16. The number of likely N-dealkylation sites (N-methyl/N-ethyl adjacent to an activating group) is 1. The summed E-state index contributed by atoms with van der Waals surface area (Å²) in [4.78, 5) is 33.6. The Labute approximate surface area is 226 Å². The second-order valence-electron chi connectivity index (χ2n) is 9.59. The normalized spacial score (nSPS) is 19.9. The van der Waals surface area contributed by atoms with Crippen molar-refractivity contribution in [1.82, 2.24) is 19.8 Å². The second-order valence-corrected chi connectivity index (χ2v) is 11.0. The van der Waals surface area contributed by atoms with Crippen molar-refractivity contribution in [3.63, 3.8) is 0 Å². The topological polar surface area (TPSA) is 64.9 Å². The van der Waals surface area contributed by atoms with Gasteiger partial charge in [-0.2, -0.15) is 4.99 Å². The van der Waals surface area contributed by atoms with Crippen molar-refractivity contribution < 1.29 is 4.79 Å². The molecule has 37 heavy (non-hydrogen) atoms. The quantitative estimate of drug-likeness (QED) is 0.430. The van der Waals surface area contributed by atoms with Crippen LogP contribution in [0.2, 0.25) is 5.02 Å². The number of amides is 1. The van der Waals surface area contributed by atoms with Gasteiger partial charge in [-0.1, -0.05) is 30.7 Å². The molecule has 0 saturated carbocycles. The Morgan fingerprint density at radius 2 is 1.78 bits per heavy atom. The molecule has 1 aromatic heterocycles. The number of rotatable bonds is 4. The first-order valence-electron chi connectivity index (χ1n) is 12.9. The van der Waals surface area contributed by atoms with Crippen LogP contribution in [0.4, 0.5) is 5.69 Å². The first-order chi connectivity index (χ1) is 18.1. The molecule has 3 aliphatic heterocycles. The van der Waals surface area contributed by atoms with Crippen LogP contribution in [-0.2, 0) is 4.79 Å². The van der Waals surface area contributed by atoms with Gasteiger partial charge in [-0.25, -0.2) is 9.97 Å². The van der Waals surface area contributed by atoms with Gasteiger partial charge in [0, 0.05) is 50.2 Å². The van der Waals surface area contributed by atoms with Gasteiger partial charge in [0.05, 0.1) is 26.8 Å². The largest absolute Gasteiger partial charge is 0.368 e. The van der Waals surface area contributed by atoms with E-state index < -0.39 is 0 Å². The molecule has 3 aliphatic rings. The number of carbonyl (C=O) groups excluding carboxylic acids is 1. The minimum Gasteiger partial charge on any atom is -0.368 e. The highest BCUT2D eigenvalue weighted by Crippen LogP contribution is 2.35.